The second kappa shape index (κ2) is 5.27. The molecule has 0 amide bonds. The first-order valence-electron chi connectivity index (χ1n) is 7.48. The van der Waals surface area contributed by atoms with Crippen molar-refractivity contribution in [3.63, 3.8) is 0 Å². The molecule has 0 saturated carbocycles. The molecular weight excluding hydrogens is 280 g/mol. The Labute approximate surface area is 130 Å². The normalized spacial score (nSPS) is 29.5. The van der Waals surface area contributed by atoms with E-state index < -0.39 is 11.9 Å². The number of aryl methyl sites for hydroxylation is 1. The minimum Gasteiger partial charge on any atom is -0.497 e. The molecule has 0 radical (unpaired) electrons. The van der Waals surface area contributed by atoms with Crippen LogP contribution in [0.3, 0.4) is 0 Å². The number of fused-ring (bicyclic) bond motifs is 3. The highest BCUT2D eigenvalue weighted by Gasteiger charge is 2.50. The summed E-state index contributed by atoms with van der Waals surface area (Å²) in [6.07, 6.45) is 5.32. The van der Waals surface area contributed by atoms with Crippen LogP contribution in [-0.2, 0) is 20.7 Å². The fourth-order valence-corrected chi connectivity index (χ4v) is 3.81. The molecule has 0 fully saturated rings. The van der Waals surface area contributed by atoms with Crippen LogP contribution in [0, 0.1) is 11.3 Å². The number of allylic oxidation sites excluding steroid dienone is 2. The molecule has 4 heteroatoms. The predicted molar refractivity (Wildman–Crippen MR) is 81.8 cm³/mol. The zero-order valence-electron chi connectivity index (χ0n) is 13.1. The minimum atomic E-state index is -0.757. The van der Waals surface area contributed by atoms with E-state index in [1.807, 2.05) is 24.3 Å². The molecule has 116 valence electrons. The molecule has 0 N–H and O–H groups in total. The molecule has 4 nitrogen and oxygen atoms in total. The molecule has 22 heavy (non-hydrogen) atoms. The number of ether oxygens (including phenoxy) is 2. The van der Waals surface area contributed by atoms with Crippen molar-refractivity contribution in [2.45, 2.75) is 25.7 Å². The fraction of sp³-hybridized carbons (Fsp3) is 0.444. The predicted octanol–water partition coefficient (Wildman–Crippen LogP) is 2.66. The lowest BCUT2D eigenvalue weighted by molar-refractivity contribution is -0.151. The minimum absolute atomic E-state index is 0.169. The Morgan fingerprint density at radius 3 is 2.77 bits per heavy atom. The number of ketones is 1. The van der Waals surface area contributed by atoms with Crippen molar-refractivity contribution >= 4 is 11.8 Å². The van der Waals surface area contributed by atoms with Gasteiger partial charge < -0.3 is 9.47 Å². The Kier molecular flexibility index (Phi) is 3.55. The molecule has 0 saturated heterocycles. The molecule has 1 unspecified atom stereocenters. The standard InChI is InChI=1S/C18H20O4/c1-18-8-6-11-10-12(21-2)4-5-13(11)16(18)15(17(20)22-3)14(19)7-9-18/h4-5,7,9-10,15-16H,6,8H2,1-3H3/t15?,16-,18+/m1/s1. The summed E-state index contributed by atoms with van der Waals surface area (Å²) in [7, 11) is 2.97. The zero-order valence-corrected chi connectivity index (χ0v) is 13.1. The SMILES string of the molecule is COC(=O)C1C(=O)C=C[C@]2(C)CCc3cc(OC)ccc3[C@H]12. The summed E-state index contributed by atoms with van der Waals surface area (Å²) in [5.74, 6) is -0.749. The van der Waals surface area contributed by atoms with Gasteiger partial charge >= 0.3 is 5.97 Å². The first-order chi connectivity index (χ1) is 10.5. The van der Waals surface area contributed by atoms with E-state index in [0.29, 0.717) is 0 Å². The highest BCUT2D eigenvalue weighted by molar-refractivity contribution is 6.07. The third-order valence-electron chi connectivity index (χ3n) is 5.05. The maximum absolute atomic E-state index is 12.3. The van der Waals surface area contributed by atoms with Crippen molar-refractivity contribution in [2.75, 3.05) is 14.2 Å². The van der Waals surface area contributed by atoms with E-state index in [1.165, 1.54) is 7.11 Å². The van der Waals surface area contributed by atoms with E-state index in [-0.39, 0.29) is 17.1 Å². The number of esters is 1. The fourth-order valence-electron chi connectivity index (χ4n) is 3.81. The van der Waals surface area contributed by atoms with Crippen molar-refractivity contribution < 1.29 is 19.1 Å². The third-order valence-corrected chi connectivity index (χ3v) is 5.05. The van der Waals surface area contributed by atoms with Gasteiger partial charge in [-0.3, -0.25) is 9.59 Å². The maximum Gasteiger partial charge on any atom is 0.317 e. The summed E-state index contributed by atoms with van der Waals surface area (Å²) >= 11 is 0. The summed E-state index contributed by atoms with van der Waals surface area (Å²) in [5, 5.41) is 0. The zero-order chi connectivity index (χ0) is 15.9. The lowest BCUT2D eigenvalue weighted by atomic mass is 9.57. The van der Waals surface area contributed by atoms with E-state index in [4.69, 9.17) is 9.47 Å². The molecule has 0 aliphatic heterocycles. The quantitative estimate of drug-likeness (QED) is 0.622. The van der Waals surface area contributed by atoms with Crippen LogP contribution in [0.5, 0.6) is 5.75 Å². The van der Waals surface area contributed by atoms with Gasteiger partial charge in [0.05, 0.1) is 14.2 Å². The maximum atomic E-state index is 12.3. The van der Waals surface area contributed by atoms with Crippen molar-refractivity contribution in [3.8, 4) is 5.75 Å². The van der Waals surface area contributed by atoms with Crippen LogP contribution in [-0.4, -0.2) is 26.0 Å². The van der Waals surface area contributed by atoms with Gasteiger partial charge in [-0.1, -0.05) is 19.1 Å². The second-order valence-electron chi connectivity index (χ2n) is 6.28. The topological polar surface area (TPSA) is 52.6 Å². The summed E-state index contributed by atoms with van der Waals surface area (Å²) in [6.45, 7) is 2.11. The van der Waals surface area contributed by atoms with Crippen LogP contribution < -0.4 is 4.74 Å². The molecule has 3 atom stereocenters. The molecule has 3 rings (SSSR count). The van der Waals surface area contributed by atoms with Crippen molar-refractivity contribution in [3.05, 3.63) is 41.5 Å². The number of carbonyl (C=O) groups is 2. The van der Waals surface area contributed by atoms with E-state index >= 15 is 0 Å². The number of methoxy groups -OCH3 is 2. The molecule has 0 heterocycles. The molecule has 1 aromatic rings. The number of rotatable bonds is 2. The lowest BCUT2D eigenvalue weighted by Gasteiger charge is -2.45. The van der Waals surface area contributed by atoms with Crippen molar-refractivity contribution in [2.24, 2.45) is 11.3 Å². The van der Waals surface area contributed by atoms with E-state index in [9.17, 15) is 9.59 Å². The molecular formula is C18H20O4. The summed E-state index contributed by atoms with van der Waals surface area (Å²) in [4.78, 5) is 24.5. The molecule has 0 aromatic heterocycles. The molecule has 0 bridgehead atoms. The van der Waals surface area contributed by atoms with Gasteiger partial charge in [-0.05, 0) is 47.6 Å². The van der Waals surface area contributed by atoms with Gasteiger partial charge in [-0.2, -0.15) is 0 Å². The first-order valence-corrected chi connectivity index (χ1v) is 7.48. The van der Waals surface area contributed by atoms with Crippen LogP contribution in [0.1, 0.15) is 30.4 Å². The second-order valence-corrected chi connectivity index (χ2v) is 6.28. The number of carbonyl (C=O) groups excluding carboxylic acids is 2. The summed E-state index contributed by atoms with van der Waals surface area (Å²) in [6, 6.07) is 5.88. The van der Waals surface area contributed by atoms with Crippen molar-refractivity contribution in [1.29, 1.82) is 0 Å². The van der Waals surface area contributed by atoms with Gasteiger partial charge in [0.1, 0.15) is 11.7 Å². The molecule has 2 aliphatic rings. The van der Waals surface area contributed by atoms with Gasteiger partial charge in [-0.15, -0.1) is 0 Å². The Balaban J connectivity index is 2.15. The van der Waals surface area contributed by atoms with Gasteiger partial charge in [0.2, 0.25) is 0 Å². The van der Waals surface area contributed by atoms with E-state index in [2.05, 4.69) is 6.92 Å². The van der Waals surface area contributed by atoms with E-state index in [1.54, 1.807) is 13.2 Å². The monoisotopic (exact) mass is 300 g/mol. The Hall–Kier alpha value is -2.10. The average Bonchev–Trinajstić information content (AvgIpc) is 2.54. The third kappa shape index (κ3) is 2.14. The Bertz CT molecular complexity index is 661. The molecule has 1 aromatic carbocycles. The largest absolute Gasteiger partial charge is 0.497 e. The van der Waals surface area contributed by atoms with Crippen LogP contribution in [0.2, 0.25) is 0 Å². The first kappa shape index (κ1) is 14.8. The van der Waals surface area contributed by atoms with Gasteiger partial charge in [0.15, 0.2) is 5.78 Å². The van der Waals surface area contributed by atoms with E-state index in [0.717, 1.165) is 29.7 Å². The van der Waals surface area contributed by atoms with Gasteiger partial charge in [-0.25, -0.2) is 0 Å². The van der Waals surface area contributed by atoms with Crippen molar-refractivity contribution in [1.82, 2.24) is 0 Å². The number of hydrogen-bond donors (Lipinski definition) is 0. The van der Waals surface area contributed by atoms with Gasteiger partial charge in [0, 0.05) is 5.92 Å². The molecule has 0 spiro atoms. The summed E-state index contributed by atoms with van der Waals surface area (Å²) < 4.78 is 10.2. The van der Waals surface area contributed by atoms with Crippen LogP contribution >= 0.6 is 0 Å². The number of benzene rings is 1. The lowest BCUT2D eigenvalue weighted by Crippen LogP contribution is -2.44. The smallest absolute Gasteiger partial charge is 0.317 e. The highest BCUT2D eigenvalue weighted by Crippen LogP contribution is 2.53. The van der Waals surface area contributed by atoms with Crippen LogP contribution in [0.25, 0.3) is 0 Å². The number of hydrogen-bond acceptors (Lipinski definition) is 4. The van der Waals surface area contributed by atoms with Crippen LogP contribution in [0.15, 0.2) is 30.4 Å². The summed E-state index contributed by atoms with van der Waals surface area (Å²) in [5.41, 5.74) is 2.01. The molecule has 2 aliphatic carbocycles. The Morgan fingerprint density at radius 2 is 2.09 bits per heavy atom. The average molecular weight is 300 g/mol. The van der Waals surface area contributed by atoms with Gasteiger partial charge in [0.25, 0.3) is 0 Å². The Morgan fingerprint density at radius 1 is 1.32 bits per heavy atom. The highest BCUT2D eigenvalue weighted by atomic mass is 16.5. The van der Waals surface area contributed by atoms with Crippen LogP contribution in [0.4, 0.5) is 0 Å².